The van der Waals surface area contributed by atoms with E-state index in [0.717, 1.165) is 23.3 Å². The maximum atomic E-state index is 13.1. The summed E-state index contributed by atoms with van der Waals surface area (Å²) in [5.74, 6) is -0.220. The summed E-state index contributed by atoms with van der Waals surface area (Å²) in [5, 5.41) is 8.66. The highest BCUT2D eigenvalue weighted by Crippen LogP contribution is 2.34. The summed E-state index contributed by atoms with van der Waals surface area (Å²) < 4.78 is 65.3. The van der Waals surface area contributed by atoms with Gasteiger partial charge in [0.25, 0.3) is 0 Å². The lowest BCUT2D eigenvalue weighted by molar-refractivity contribution is -0.137. The smallest absolute Gasteiger partial charge is 0.308 e. The van der Waals surface area contributed by atoms with E-state index in [9.17, 15) is 26.4 Å². The van der Waals surface area contributed by atoms with Crippen molar-refractivity contribution in [1.82, 2.24) is 0 Å². The van der Waals surface area contributed by atoms with Gasteiger partial charge in [0, 0.05) is 11.3 Å². The molecule has 1 heterocycles. The monoisotopic (exact) mass is 530 g/mol. The van der Waals surface area contributed by atoms with Crippen LogP contribution in [-0.4, -0.2) is 14.4 Å². The third-order valence-corrected chi connectivity index (χ3v) is 7.69. The van der Waals surface area contributed by atoms with Gasteiger partial charge < -0.3 is 10.6 Å². The fourth-order valence-electron chi connectivity index (χ4n) is 3.65. The van der Waals surface area contributed by atoms with Gasteiger partial charge in [-0.25, -0.2) is 13.2 Å². The van der Waals surface area contributed by atoms with Crippen LogP contribution in [0.1, 0.15) is 16.7 Å². The molecule has 0 aliphatic heterocycles. The van der Waals surface area contributed by atoms with E-state index in [1.165, 1.54) is 35.6 Å². The maximum absolute atomic E-state index is 13.1. The van der Waals surface area contributed by atoms with Crippen LogP contribution >= 0.6 is 11.3 Å². The molecular formula is C26H21F3N2O3S2. The lowest BCUT2D eigenvalue weighted by atomic mass is 10.1. The molecule has 0 aliphatic carbocycles. The van der Waals surface area contributed by atoms with E-state index >= 15 is 0 Å². The van der Waals surface area contributed by atoms with Gasteiger partial charge in [0.15, 0.2) is 9.84 Å². The number of aryl methyl sites for hydroxylation is 1. The lowest BCUT2D eigenvalue weighted by Gasteiger charge is -2.15. The number of sulfone groups is 1. The van der Waals surface area contributed by atoms with Crippen molar-refractivity contribution in [3.05, 3.63) is 100 Å². The first-order valence-corrected chi connectivity index (χ1v) is 13.3. The summed E-state index contributed by atoms with van der Waals surface area (Å²) in [6.07, 6.45) is -4.56. The number of carbonyl (C=O) groups excluding carboxylic acids is 1. The van der Waals surface area contributed by atoms with Crippen molar-refractivity contribution < 1.29 is 26.4 Å². The highest BCUT2D eigenvalue weighted by molar-refractivity contribution is 7.90. The van der Waals surface area contributed by atoms with Gasteiger partial charge in [-0.05, 0) is 65.2 Å². The van der Waals surface area contributed by atoms with Gasteiger partial charge in [-0.2, -0.15) is 24.5 Å². The summed E-state index contributed by atoms with van der Waals surface area (Å²) >= 11 is 1.43. The van der Waals surface area contributed by atoms with E-state index in [-0.39, 0.29) is 22.0 Å². The highest BCUT2D eigenvalue weighted by atomic mass is 32.2. The Balaban J connectivity index is 1.63. The summed E-state index contributed by atoms with van der Waals surface area (Å²) in [4.78, 5) is 12.7. The number of anilines is 2. The van der Waals surface area contributed by atoms with E-state index in [4.69, 9.17) is 0 Å². The number of carbonyl (C=O) groups is 1. The molecule has 4 rings (SSSR count). The Morgan fingerprint density at radius 3 is 2.42 bits per heavy atom. The number of rotatable bonds is 6. The van der Waals surface area contributed by atoms with E-state index < -0.39 is 27.6 Å². The first kappa shape index (κ1) is 25.5. The molecule has 0 saturated carbocycles. The SMILES string of the molecule is Cc1cccc(CS(=O)(=O)c2ccc(-c3ccsc3)c(NC(=O)Nc3cccc(C(F)(F)F)c3)c2)c1. The quantitative estimate of drug-likeness (QED) is 0.274. The number of nitrogens with one attached hydrogen (secondary N) is 2. The Bertz CT molecular complexity index is 1500. The number of hydrogen-bond acceptors (Lipinski definition) is 4. The Kier molecular flexibility index (Phi) is 7.18. The minimum absolute atomic E-state index is 0.0114. The number of thiophene rings is 1. The Morgan fingerprint density at radius 1 is 0.944 bits per heavy atom. The summed E-state index contributed by atoms with van der Waals surface area (Å²) in [6, 6.07) is 16.9. The van der Waals surface area contributed by atoms with Crippen molar-refractivity contribution >= 4 is 38.6 Å². The number of benzene rings is 3. The topological polar surface area (TPSA) is 75.3 Å². The van der Waals surface area contributed by atoms with Crippen LogP contribution in [0.25, 0.3) is 11.1 Å². The molecule has 0 saturated heterocycles. The molecule has 2 N–H and O–H groups in total. The molecule has 0 aliphatic rings. The van der Waals surface area contributed by atoms with E-state index in [1.54, 1.807) is 24.3 Å². The fourth-order valence-corrected chi connectivity index (χ4v) is 5.67. The molecule has 0 spiro atoms. The third-order valence-electron chi connectivity index (χ3n) is 5.32. The Hall–Kier alpha value is -3.63. The van der Waals surface area contributed by atoms with Crippen LogP contribution in [-0.2, 0) is 21.8 Å². The number of alkyl halides is 3. The largest absolute Gasteiger partial charge is 0.416 e. The normalized spacial score (nSPS) is 11.8. The van der Waals surface area contributed by atoms with Crippen LogP contribution in [0.15, 0.2) is 88.5 Å². The summed E-state index contributed by atoms with van der Waals surface area (Å²) in [5.41, 5.74) is 2.16. The van der Waals surface area contributed by atoms with E-state index in [0.29, 0.717) is 11.1 Å². The van der Waals surface area contributed by atoms with E-state index in [2.05, 4.69) is 10.6 Å². The van der Waals surface area contributed by atoms with Crippen LogP contribution in [0.2, 0.25) is 0 Å². The molecule has 0 atom stereocenters. The van der Waals surface area contributed by atoms with Crippen LogP contribution in [0.3, 0.4) is 0 Å². The molecule has 0 fully saturated rings. The fraction of sp³-hybridized carbons (Fsp3) is 0.115. The second-order valence-electron chi connectivity index (χ2n) is 8.13. The maximum Gasteiger partial charge on any atom is 0.416 e. The minimum atomic E-state index is -4.56. The zero-order valence-electron chi connectivity index (χ0n) is 19.0. The van der Waals surface area contributed by atoms with E-state index in [1.807, 2.05) is 29.8 Å². The standard InChI is InChI=1S/C26H21F3N2O3S2/c1-17-4-2-5-18(12-17)16-36(33,34)22-8-9-23(19-10-11-35-15-19)24(14-22)31-25(32)30-21-7-3-6-20(13-21)26(27,28)29/h2-15H,16H2,1H3,(H2,30,31,32). The minimum Gasteiger partial charge on any atom is -0.308 e. The molecular weight excluding hydrogens is 509 g/mol. The zero-order valence-corrected chi connectivity index (χ0v) is 20.6. The molecule has 0 radical (unpaired) electrons. The second kappa shape index (κ2) is 10.2. The Labute approximate surface area is 210 Å². The van der Waals surface area contributed by atoms with Crippen molar-refractivity contribution in [3.8, 4) is 11.1 Å². The van der Waals surface area contributed by atoms with Gasteiger partial charge in [0.1, 0.15) is 0 Å². The van der Waals surface area contributed by atoms with Crippen LogP contribution in [0.5, 0.6) is 0 Å². The summed E-state index contributed by atoms with van der Waals surface area (Å²) in [6.45, 7) is 1.87. The molecule has 3 aromatic carbocycles. The average molecular weight is 531 g/mol. The zero-order chi connectivity index (χ0) is 25.9. The van der Waals surface area contributed by atoms with Gasteiger partial charge in [-0.1, -0.05) is 42.0 Å². The predicted octanol–water partition coefficient (Wildman–Crippen LogP) is 7.36. The van der Waals surface area contributed by atoms with Crippen LogP contribution in [0, 0.1) is 6.92 Å². The molecule has 0 unspecified atom stereocenters. The molecule has 186 valence electrons. The second-order valence-corrected chi connectivity index (χ2v) is 10.9. The van der Waals surface area contributed by atoms with Gasteiger partial charge >= 0.3 is 12.2 Å². The molecule has 4 aromatic rings. The van der Waals surface area contributed by atoms with Crippen molar-refractivity contribution in [3.63, 3.8) is 0 Å². The number of halogens is 3. The third kappa shape index (κ3) is 6.13. The van der Waals surface area contributed by atoms with Crippen molar-refractivity contribution in [2.45, 2.75) is 23.7 Å². The molecule has 10 heteroatoms. The first-order chi connectivity index (χ1) is 17.0. The number of hydrogen-bond donors (Lipinski definition) is 2. The van der Waals surface area contributed by atoms with Crippen molar-refractivity contribution in [1.29, 1.82) is 0 Å². The van der Waals surface area contributed by atoms with Crippen LogP contribution < -0.4 is 10.6 Å². The number of amides is 2. The molecule has 1 aromatic heterocycles. The van der Waals surface area contributed by atoms with Gasteiger partial charge in [-0.15, -0.1) is 0 Å². The molecule has 2 amide bonds. The average Bonchev–Trinajstić information content (AvgIpc) is 3.33. The van der Waals surface area contributed by atoms with Crippen molar-refractivity contribution in [2.24, 2.45) is 0 Å². The van der Waals surface area contributed by atoms with Gasteiger partial charge in [-0.3, -0.25) is 0 Å². The first-order valence-electron chi connectivity index (χ1n) is 10.7. The highest BCUT2D eigenvalue weighted by Gasteiger charge is 2.30. The molecule has 5 nitrogen and oxygen atoms in total. The molecule has 0 bridgehead atoms. The van der Waals surface area contributed by atoms with Gasteiger partial charge in [0.05, 0.1) is 21.9 Å². The van der Waals surface area contributed by atoms with Crippen molar-refractivity contribution in [2.75, 3.05) is 10.6 Å². The Morgan fingerprint density at radius 2 is 1.72 bits per heavy atom. The predicted molar refractivity (Wildman–Crippen MR) is 136 cm³/mol. The lowest BCUT2D eigenvalue weighted by Crippen LogP contribution is -2.20. The molecule has 36 heavy (non-hydrogen) atoms. The summed E-state index contributed by atoms with van der Waals surface area (Å²) in [7, 11) is -3.75. The van der Waals surface area contributed by atoms with Crippen LogP contribution in [0.4, 0.5) is 29.3 Å². The number of urea groups is 1. The van der Waals surface area contributed by atoms with Gasteiger partial charge in [0.2, 0.25) is 0 Å².